The van der Waals surface area contributed by atoms with Crippen molar-refractivity contribution in [2.75, 3.05) is 0 Å². The zero-order chi connectivity index (χ0) is 14.1. The Morgan fingerprint density at radius 2 is 1.60 bits per heavy atom. The Balaban J connectivity index is 2.18. The second kappa shape index (κ2) is 4.93. The van der Waals surface area contributed by atoms with Crippen LogP contribution < -0.4 is 0 Å². The van der Waals surface area contributed by atoms with Crippen LogP contribution in [0.25, 0.3) is 17.1 Å². The number of hydrogen-bond donors (Lipinski definition) is 0. The van der Waals surface area contributed by atoms with Crippen molar-refractivity contribution < 1.29 is 4.39 Å². The molecule has 0 atom stereocenters. The topological polar surface area (TPSA) is 17.8 Å². The number of benzene rings is 2. The second-order valence-corrected chi connectivity index (χ2v) is 4.87. The predicted octanol–water partition coefficient (Wildman–Crippen LogP) is 4.30. The van der Waals surface area contributed by atoms with E-state index >= 15 is 0 Å². The molecule has 3 rings (SSSR count). The number of nitrogens with zero attached hydrogens (tertiary/aromatic N) is 2. The quantitative estimate of drug-likeness (QED) is 0.676. The van der Waals surface area contributed by atoms with Crippen molar-refractivity contribution in [2.24, 2.45) is 0 Å². The molecule has 2 nitrogen and oxygen atoms in total. The van der Waals surface area contributed by atoms with Gasteiger partial charge in [-0.05, 0) is 49.2 Å². The largest absolute Gasteiger partial charge is 0.299 e. The van der Waals surface area contributed by atoms with Crippen LogP contribution in [0.4, 0.5) is 4.39 Å². The third kappa shape index (κ3) is 2.11. The van der Waals surface area contributed by atoms with Gasteiger partial charge in [0, 0.05) is 18.0 Å². The zero-order valence-electron chi connectivity index (χ0n) is 11.5. The molecule has 1 heterocycles. The number of hydrogen-bond acceptors (Lipinski definition) is 1. The summed E-state index contributed by atoms with van der Waals surface area (Å²) in [5.74, 6) is 0.585. The van der Waals surface area contributed by atoms with Crippen LogP contribution in [-0.4, -0.2) is 9.55 Å². The molecule has 2 aromatic carbocycles. The van der Waals surface area contributed by atoms with Crippen LogP contribution in [0.5, 0.6) is 0 Å². The number of aryl methyl sites for hydroxylation is 2. The monoisotopic (exact) mass is 266 g/mol. The summed E-state index contributed by atoms with van der Waals surface area (Å²) in [5, 5.41) is 0. The Morgan fingerprint density at radius 1 is 0.950 bits per heavy atom. The molecule has 0 fully saturated rings. The summed E-state index contributed by atoms with van der Waals surface area (Å²) >= 11 is 0. The lowest BCUT2D eigenvalue weighted by molar-refractivity contribution is 0.628. The van der Waals surface area contributed by atoms with Gasteiger partial charge in [0.1, 0.15) is 11.6 Å². The van der Waals surface area contributed by atoms with E-state index < -0.39 is 0 Å². The first kappa shape index (κ1) is 12.6. The third-order valence-corrected chi connectivity index (χ3v) is 3.42. The Hall–Kier alpha value is -2.42. The minimum Gasteiger partial charge on any atom is -0.299 e. The van der Waals surface area contributed by atoms with Crippen molar-refractivity contribution >= 4 is 0 Å². The van der Waals surface area contributed by atoms with Crippen LogP contribution in [0.2, 0.25) is 0 Å². The lowest BCUT2D eigenvalue weighted by Gasteiger charge is -2.13. The van der Waals surface area contributed by atoms with Crippen LogP contribution in [0.3, 0.4) is 0 Å². The summed E-state index contributed by atoms with van der Waals surface area (Å²) in [5.41, 5.74) is 4.40. The van der Waals surface area contributed by atoms with Gasteiger partial charge >= 0.3 is 0 Å². The van der Waals surface area contributed by atoms with Gasteiger partial charge in [-0.15, -0.1) is 0 Å². The van der Waals surface area contributed by atoms with Crippen LogP contribution in [0, 0.1) is 19.7 Å². The van der Waals surface area contributed by atoms with Gasteiger partial charge in [-0.2, -0.15) is 0 Å². The van der Waals surface area contributed by atoms with Crippen LogP contribution in [-0.2, 0) is 0 Å². The van der Waals surface area contributed by atoms with Gasteiger partial charge in [0.2, 0.25) is 0 Å². The Bertz CT molecular complexity index is 722. The maximum absolute atomic E-state index is 13.1. The van der Waals surface area contributed by atoms with E-state index in [0.717, 1.165) is 17.1 Å². The smallest absolute Gasteiger partial charge is 0.144 e. The van der Waals surface area contributed by atoms with E-state index in [-0.39, 0.29) is 5.82 Å². The normalized spacial score (nSPS) is 10.8. The summed E-state index contributed by atoms with van der Waals surface area (Å²) in [4.78, 5) is 4.42. The lowest BCUT2D eigenvalue weighted by atomic mass is 10.1. The van der Waals surface area contributed by atoms with E-state index in [9.17, 15) is 4.39 Å². The van der Waals surface area contributed by atoms with E-state index in [1.807, 2.05) is 12.3 Å². The van der Waals surface area contributed by atoms with Gasteiger partial charge in [-0.25, -0.2) is 9.37 Å². The van der Waals surface area contributed by atoms with Gasteiger partial charge in [-0.3, -0.25) is 4.57 Å². The molecular formula is C17H15FN2. The van der Waals surface area contributed by atoms with E-state index in [1.54, 1.807) is 18.3 Å². The first-order valence-corrected chi connectivity index (χ1v) is 6.52. The Labute approximate surface area is 117 Å². The van der Waals surface area contributed by atoms with Crippen LogP contribution >= 0.6 is 0 Å². The highest BCUT2D eigenvalue weighted by molar-refractivity contribution is 5.61. The van der Waals surface area contributed by atoms with Gasteiger partial charge in [0.05, 0.1) is 5.69 Å². The molecule has 0 aliphatic rings. The minimum absolute atomic E-state index is 0.237. The summed E-state index contributed by atoms with van der Waals surface area (Å²) in [6, 6.07) is 12.6. The SMILES string of the molecule is Cc1cccc(C)c1-n1ccnc1-c1ccc(F)cc1. The van der Waals surface area contributed by atoms with Crippen molar-refractivity contribution in [3.63, 3.8) is 0 Å². The molecule has 3 heteroatoms. The molecule has 1 aromatic heterocycles. The van der Waals surface area contributed by atoms with Crippen molar-refractivity contribution in [2.45, 2.75) is 13.8 Å². The molecule has 0 N–H and O–H groups in total. The number of para-hydroxylation sites is 1. The number of rotatable bonds is 2. The van der Waals surface area contributed by atoms with Crippen molar-refractivity contribution in [1.29, 1.82) is 0 Å². The molecule has 3 aromatic rings. The predicted molar refractivity (Wildman–Crippen MR) is 78.4 cm³/mol. The molecule has 0 spiro atoms. The fourth-order valence-electron chi connectivity index (χ4n) is 2.48. The molecule has 0 aliphatic carbocycles. The number of halogens is 1. The molecule has 20 heavy (non-hydrogen) atoms. The van der Waals surface area contributed by atoms with E-state index in [4.69, 9.17) is 0 Å². The highest BCUT2D eigenvalue weighted by atomic mass is 19.1. The molecule has 0 saturated carbocycles. The van der Waals surface area contributed by atoms with Gasteiger partial charge in [-0.1, -0.05) is 18.2 Å². The molecular weight excluding hydrogens is 251 g/mol. The molecule has 0 unspecified atom stereocenters. The van der Waals surface area contributed by atoms with E-state index in [0.29, 0.717) is 0 Å². The van der Waals surface area contributed by atoms with Gasteiger partial charge in [0.25, 0.3) is 0 Å². The molecule has 0 aliphatic heterocycles. The molecule has 0 radical (unpaired) electrons. The maximum Gasteiger partial charge on any atom is 0.144 e. The minimum atomic E-state index is -0.237. The molecule has 0 saturated heterocycles. The fourth-order valence-corrected chi connectivity index (χ4v) is 2.48. The van der Waals surface area contributed by atoms with Gasteiger partial charge < -0.3 is 0 Å². The standard InChI is InChI=1S/C17H15FN2/c1-12-4-3-5-13(2)16(12)20-11-10-19-17(20)14-6-8-15(18)9-7-14/h3-11H,1-2H3. The average molecular weight is 266 g/mol. The van der Waals surface area contributed by atoms with Crippen molar-refractivity contribution in [3.05, 3.63) is 71.8 Å². The van der Waals surface area contributed by atoms with Crippen LogP contribution in [0.15, 0.2) is 54.9 Å². The van der Waals surface area contributed by atoms with E-state index in [2.05, 4.69) is 35.5 Å². The third-order valence-electron chi connectivity index (χ3n) is 3.42. The summed E-state index contributed by atoms with van der Waals surface area (Å²) in [6.07, 6.45) is 3.71. The van der Waals surface area contributed by atoms with Gasteiger partial charge in [0.15, 0.2) is 0 Å². The van der Waals surface area contributed by atoms with Crippen LogP contribution in [0.1, 0.15) is 11.1 Å². The molecule has 0 amide bonds. The lowest BCUT2D eigenvalue weighted by Crippen LogP contribution is -2.01. The first-order chi connectivity index (χ1) is 9.66. The number of imidazole rings is 1. The highest BCUT2D eigenvalue weighted by Crippen LogP contribution is 2.25. The summed E-state index contributed by atoms with van der Waals surface area (Å²) in [6.45, 7) is 4.16. The average Bonchev–Trinajstić information content (AvgIpc) is 2.88. The van der Waals surface area contributed by atoms with E-state index in [1.165, 1.54) is 23.3 Å². The van der Waals surface area contributed by atoms with Crippen molar-refractivity contribution in [1.82, 2.24) is 9.55 Å². The highest BCUT2D eigenvalue weighted by Gasteiger charge is 2.11. The maximum atomic E-state index is 13.1. The fraction of sp³-hybridized carbons (Fsp3) is 0.118. The first-order valence-electron chi connectivity index (χ1n) is 6.52. The van der Waals surface area contributed by atoms with Crippen molar-refractivity contribution in [3.8, 4) is 17.1 Å². The second-order valence-electron chi connectivity index (χ2n) is 4.87. The summed E-state index contributed by atoms with van der Waals surface area (Å²) < 4.78 is 15.1. The Morgan fingerprint density at radius 3 is 2.25 bits per heavy atom. The molecule has 100 valence electrons. The zero-order valence-corrected chi connectivity index (χ0v) is 11.5. The Kier molecular flexibility index (Phi) is 3.11. The molecule has 0 bridgehead atoms. The summed E-state index contributed by atoms with van der Waals surface area (Å²) in [7, 11) is 0. The number of aromatic nitrogens is 2.